The molecule has 0 spiro atoms. The van der Waals surface area contributed by atoms with E-state index in [1.807, 2.05) is 19.1 Å². The molecular weight excluding hydrogens is 184 g/mol. The Kier molecular flexibility index (Phi) is 6.00. The summed E-state index contributed by atoms with van der Waals surface area (Å²) in [5.74, 6) is 0. The molecule has 88 valence electrons. The Morgan fingerprint density at radius 1 is 0.800 bits per heavy atom. The first kappa shape index (κ1) is 12.8. The van der Waals surface area contributed by atoms with E-state index in [9.17, 15) is 5.11 Å². The zero-order chi connectivity index (χ0) is 11.0. The van der Waals surface area contributed by atoms with Gasteiger partial charge in [0, 0.05) is 0 Å². The molecule has 0 saturated heterocycles. The van der Waals surface area contributed by atoms with E-state index in [4.69, 9.17) is 0 Å². The van der Waals surface area contributed by atoms with Gasteiger partial charge < -0.3 is 5.11 Å². The molecule has 0 atom stereocenters. The molecule has 1 N–H and O–H groups in total. The third-order valence-corrected chi connectivity index (χ3v) is 3.45. The van der Waals surface area contributed by atoms with Crippen LogP contribution in [0.15, 0.2) is 12.2 Å². The van der Waals surface area contributed by atoms with Gasteiger partial charge in [-0.2, -0.15) is 0 Å². The lowest BCUT2D eigenvalue weighted by Gasteiger charge is -2.24. The summed E-state index contributed by atoms with van der Waals surface area (Å²) in [4.78, 5) is 0. The molecule has 0 aromatic carbocycles. The molecule has 0 aromatic rings. The van der Waals surface area contributed by atoms with Crippen LogP contribution in [-0.4, -0.2) is 10.7 Å². The maximum atomic E-state index is 10.4. The number of aliphatic hydroxyl groups is 1. The Hall–Kier alpha value is -0.300. The molecule has 0 aliphatic heterocycles. The summed E-state index contributed by atoms with van der Waals surface area (Å²) in [7, 11) is 0. The predicted octanol–water partition coefficient (Wildman–Crippen LogP) is 4.21. The van der Waals surface area contributed by atoms with E-state index in [0.717, 1.165) is 12.8 Å². The summed E-state index contributed by atoms with van der Waals surface area (Å²) < 4.78 is 0. The first-order valence-corrected chi connectivity index (χ1v) is 6.63. The fraction of sp³-hybridized carbons (Fsp3) is 0.857. The number of hydrogen-bond acceptors (Lipinski definition) is 1. The summed E-state index contributed by atoms with van der Waals surface area (Å²) in [6.07, 6.45) is 16.3. The Balaban J connectivity index is 2.45. The lowest BCUT2D eigenvalue weighted by molar-refractivity contribution is 0.0667. The normalized spacial score (nSPS) is 24.9. The molecule has 1 fully saturated rings. The standard InChI is InChI=1S/C14H26O/c1-2-11-14(15)12-9-7-5-3-4-6-8-10-13-14/h2,11,15H,3-10,12-13H2,1H3/b11-2+. The van der Waals surface area contributed by atoms with Crippen molar-refractivity contribution in [3.63, 3.8) is 0 Å². The fourth-order valence-corrected chi connectivity index (χ4v) is 2.52. The first-order valence-electron chi connectivity index (χ1n) is 6.63. The van der Waals surface area contributed by atoms with E-state index >= 15 is 0 Å². The zero-order valence-corrected chi connectivity index (χ0v) is 10.2. The molecule has 1 aliphatic carbocycles. The van der Waals surface area contributed by atoms with E-state index in [-0.39, 0.29) is 0 Å². The minimum absolute atomic E-state index is 0.501. The fourth-order valence-electron chi connectivity index (χ4n) is 2.52. The lowest BCUT2D eigenvalue weighted by atomic mass is 9.90. The summed E-state index contributed by atoms with van der Waals surface area (Å²) in [5, 5.41) is 10.4. The van der Waals surface area contributed by atoms with Crippen molar-refractivity contribution in [3.05, 3.63) is 12.2 Å². The van der Waals surface area contributed by atoms with E-state index in [1.54, 1.807) is 0 Å². The van der Waals surface area contributed by atoms with Crippen molar-refractivity contribution in [2.24, 2.45) is 0 Å². The second kappa shape index (κ2) is 7.05. The number of allylic oxidation sites excluding steroid dienone is 1. The molecule has 0 aromatic heterocycles. The molecular formula is C14H26O. The van der Waals surface area contributed by atoms with E-state index in [2.05, 4.69) is 0 Å². The first-order chi connectivity index (χ1) is 7.27. The Morgan fingerprint density at radius 3 is 1.60 bits per heavy atom. The minimum atomic E-state index is -0.501. The van der Waals surface area contributed by atoms with Crippen molar-refractivity contribution in [1.29, 1.82) is 0 Å². The molecule has 0 unspecified atom stereocenters. The van der Waals surface area contributed by atoms with Crippen LogP contribution in [0.3, 0.4) is 0 Å². The maximum absolute atomic E-state index is 10.4. The van der Waals surface area contributed by atoms with Crippen molar-refractivity contribution < 1.29 is 5.11 Å². The quantitative estimate of drug-likeness (QED) is 0.643. The van der Waals surface area contributed by atoms with Crippen LogP contribution in [0.1, 0.15) is 71.1 Å². The molecule has 0 bridgehead atoms. The smallest absolute Gasteiger partial charge is 0.0827 e. The van der Waals surface area contributed by atoms with Crippen LogP contribution in [-0.2, 0) is 0 Å². The van der Waals surface area contributed by atoms with Crippen LogP contribution in [0.2, 0.25) is 0 Å². The predicted molar refractivity (Wildman–Crippen MR) is 65.9 cm³/mol. The van der Waals surface area contributed by atoms with Gasteiger partial charge in [0.15, 0.2) is 0 Å². The lowest BCUT2D eigenvalue weighted by Crippen LogP contribution is -2.25. The van der Waals surface area contributed by atoms with Crippen LogP contribution in [0, 0.1) is 0 Å². The number of hydrogen-bond donors (Lipinski definition) is 1. The van der Waals surface area contributed by atoms with Crippen molar-refractivity contribution in [3.8, 4) is 0 Å². The van der Waals surface area contributed by atoms with Crippen molar-refractivity contribution in [1.82, 2.24) is 0 Å². The molecule has 0 amide bonds. The van der Waals surface area contributed by atoms with Gasteiger partial charge in [-0.05, 0) is 19.8 Å². The van der Waals surface area contributed by atoms with Gasteiger partial charge in [-0.1, -0.05) is 63.5 Å². The van der Waals surface area contributed by atoms with E-state index < -0.39 is 5.60 Å². The van der Waals surface area contributed by atoms with E-state index in [0.29, 0.717) is 0 Å². The van der Waals surface area contributed by atoms with Crippen molar-refractivity contribution in [2.75, 3.05) is 0 Å². The van der Waals surface area contributed by atoms with Crippen LogP contribution in [0.25, 0.3) is 0 Å². The second-order valence-electron chi connectivity index (χ2n) is 4.93. The van der Waals surface area contributed by atoms with E-state index in [1.165, 1.54) is 51.4 Å². The highest BCUT2D eigenvalue weighted by Crippen LogP contribution is 2.25. The maximum Gasteiger partial charge on any atom is 0.0827 e. The molecule has 0 radical (unpaired) electrons. The largest absolute Gasteiger partial charge is 0.386 e. The molecule has 1 rings (SSSR count). The Morgan fingerprint density at radius 2 is 1.20 bits per heavy atom. The summed E-state index contributed by atoms with van der Waals surface area (Å²) in [5.41, 5.74) is -0.501. The molecule has 1 nitrogen and oxygen atoms in total. The third kappa shape index (κ3) is 5.36. The minimum Gasteiger partial charge on any atom is -0.386 e. The Bertz CT molecular complexity index is 172. The summed E-state index contributed by atoms with van der Waals surface area (Å²) >= 11 is 0. The van der Waals surface area contributed by atoms with Crippen molar-refractivity contribution in [2.45, 2.75) is 76.7 Å². The average Bonchev–Trinajstić information content (AvgIpc) is 2.24. The van der Waals surface area contributed by atoms with Gasteiger partial charge in [-0.3, -0.25) is 0 Å². The van der Waals surface area contributed by atoms with Gasteiger partial charge in [0.2, 0.25) is 0 Å². The summed E-state index contributed by atoms with van der Waals surface area (Å²) in [6.45, 7) is 2.00. The van der Waals surface area contributed by atoms with Crippen molar-refractivity contribution >= 4 is 0 Å². The van der Waals surface area contributed by atoms with Gasteiger partial charge in [-0.15, -0.1) is 0 Å². The molecule has 0 heterocycles. The second-order valence-corrected chi connectivity index (χ2v) is 4.93. The molecule has 1 aliphatic rings. The van der Waals surface area contributed by atoms with Gasteiger partial charge in [-0.25, -0.2) is 0 Å². The van der Waals surface area contributed by atoms with Crippen LogP contribution in [0.4, 0.5) is 0 Å². The number of rotatable bonds is 1. The SMILES string of the molecule is C/C=C/C1(O)CCCCCCCCCC1. The third-order valence-electron chi connectivity index (χ3n) is 3.45. The van der Waals surface area contributed by atoms with Crippen LogP contribution in [0.5, 0.6) is 0 Å². The summed E-state index contributed by atoms with van der Waals surface area (Å²) in [6, 6.07) is 0. The van der Waals surface area contributed by atoms with Gasteiger partial charge in [0.25, 0.3) is 0 Å². The van der Waals surface area contributed by atoms with Crippen LogP contribution < -0.4 is 0 Å². The van der Waals surface area contributed by atoms with Crippen LogP contribution >= 0.6 is 0 Å². The molecule has 15 heavy (non-hydrogen) atoms. The molecule has 1 heteroatoms. The molecule has 1 saturated carbocycles. The highest BCUT2D eigenvalue weighted by atomic mass is 16.3. The highest BCUT2D eigenvalue weighted by molar-refractivity contribution is 4.99. The zero-order valence-electron chi connectivity index (χ0n) is 10.2. The average molecular weight is 210 g/mol. The Labute approximate surface area is 94.6 Å². The van der Waals surface area contributed by atoms with Gasteiger partial charge >= 0.3 is 0 Å². The van der Waals surface area contributed by atoms with Gasteiger partial charge in [0.1, 0.15) is 0 Å². The highest BCUT2D eigenvalue weighted by Gasteiger charge is 2.22. The topological polar surface area (TPSA) is 20.2 Å². The van der Waals surface area contributed by atoms with Gasteiger partial charge in [0.05, 0.1) is 5.60 Å². The monoisotopic (exact) mass is 210 g/mol.